The van der Waals surface area contributed by atoms with Crippen LogP contribution in [0.1, 0.15) is 22.3 Å². The van der Waals surface area contributed by atoms with E-state index >= 15 is 0 Å². The molecule has 26 heavy (non-hydrogen) atoms. The zero-order chi connectivity index (χ0) is 19.4. The van der Waals surface area contributed by atoms with Gasteiger partial charge < -0.3 is 4.90 Å². The third-order valence-corrected chi connectivity index (χ3v) is 4.84. The number of piperazine rings is 1. The van der Waals surface area contributed by atoms with Crippen LogP contribution < -0.4 is 4.72 Å². The minimum Gasteiger partial charge on any atom is -0.336 e. The second-order valence-corrected chi connectivity index (χ2v) is 8.07. The summed E-state index contributed by atoms with van der Waals surface area (Å²) < 4.78 is 62.7. The van der Waals surface area contributed by atoms with Crippen molar-refractivity contribution in [2.75, 3.05) is 45.5 Å². The van der Waals surface area contributed by atoms with Gasteiger partial charge in [-0.05, 0) is 31.2 Å². The van der Waals surface area contributed by atoms with Gasteiger partial charge in [-0.2, -0.15) is 13.2 Å². The summed E-state index contributed by atoms with van der Waals surface area (Å²) in [7, 11) is -3.19. The molecular formula is C16H22F3N3O3S. The predicted octanol–water partition coefficient (Wildman–Crippen LogP) is 1.40. The van der Waals surface area contributed by atoms with E-state index in [0.29, 0.717) is 45.7 Å². The number of benzene rings is 1. The molecule has 0 saturated carbocycles. The number of amides is 1. The molecule has 10 heteroatoms. The van der Waals surface area contributed by atoms with Gasteiger partial charge in [0.1, 0.15) is 0 Å². The minimum atomic E-state index is -4.48. The van der Waals surface area contributed by atoms with E-state index in [1.807, 2.05) is 0 Å². The van der Waals surface area contributed by atoms with Crippen molar-refractivity contribution in [2.24, 2.45) is 0 Å². The lowest BCUT2D eigenvalue weighted by molar-refractivity contribution is -0.137. The molecule has 0 radical (unpaired) electrons. The number of hydrogen-bond acceptors (Lipinski definition) is 4. The number of hydrogen-bond donors (Lipinski definition) is 1. The fourth-order valence-electron chi connectivity index (χ4n) is 2.75. The molecule has 1 aromatic rings. The van der Waals surface area contributed by atoms with Crippen LogP contribution in [0.5, 0.6) is 0 Å². The molecule has 1 aromatic carbocycles. The molecule has 1 N–H and O–H groups in total. The van der Waals surface area contributed by atoms with Gasteiger partial charge in [-0.15, -0.1) is 0 Å². The lowest BCUT2D eigenvalue weighted by atomic mass is 10.1. The quantitative estimate of drug-likeness (QED) is 0.742. The third kappa shape index (κ3) is 6.26. The Morgan fingerprint density at radius 1 is 1.19 bits per heavy atom. The van der Waals surface area contributed by atoms with E-state index in [9.17, 15) is 26.4 Å². The number of carbonyl (C=O) groups excluding carboxylic acids is 1. The highest BCUT2D eigenvalue weighted by Gasteiger charge is 2.31. The second kappa shape index (κ2) is 8.36. The Balaban J connectivity index is 1.83. The van der Waals surface area contributed by atoms with Crippen LogP contribution >= 0.6 is 0 Å². The van der Waals surface area contributed by atoms with Gasteiger partial charge in [0.05, 0.1) is 11.8 Å². The zero-order valence-corrected chi connectivity index (χ0v) is 15.2. The molecule has 1 fully saturated rings. The highest BCUT2D eigenvalue weighted by molar-refractivity contribution is 7.88. The number of nitrogens with one attached hydrogen (secondary N) is 1. The Hall–Kier alpha value is -1.65. The first-order valence-corrected chi connectivity index (χ1v) is 10.1. The molecule has 0 spiro atoms. The highest BCUT2D eigenvalue weighted by atomic mass is 32.2. The van der Waals surface area contributed by atoms with Crippen LogP contribution in [-0.4, -0.2) is 69.6 Å². The zero-order valence-electron chi connectivity index (χ0n) is 14.4. The summed E-state index contributed by atoms with van der Waals surface area (Å²) >= 11 is 0. The molecule has 0 bridgehead atoms. The molecule has 146 valence electrons. The molecule has 0 atom stereocenters. The van der Waals surface area contributed by atoms with E-state index in [0.717, 1.165) is 18.4 Å². The van der Waals surface area contributed by atoms with Gasteiger partial charge in [0.25, 0.3) is 5.91 Å². The molecule has 1 aliphatic heterocycles. The van der Waals surface area contributed by atoms with Crippen LogP contribution in [0.3, 0.4) is 0 Å². The Kier molecular flexibility index (Phi) is 6.64. The summed E-state index contributed by atoms with van der Waals surface area (Å²) in [5.41, 5.74) is -0.800. The molecule has 0 aromatic heterocycles. The maximum atomic E-state index is 12.8. The topological polar surface area (TPSA) is 69.7 Å². The number of sulfonamides is 1. The van der Waals surface area contributed by atoms with Crippen molar-refractivity contribution in [1.82, 2.24) is 14.5 Å². The van der Waals surface area contributed by atoms with Crippen molar-refractivity contribution >= 4 is 15.9 Å². The standard InChI is InChI=1S/C16H22F3N3O3S/c1-26(24,25)20-6-3-7-21-8-10-22(11-9-21)15(23)13-4-2-5-14(12-13)16(17,18)19/h2,4-5,12,20H,3,6-11H2,1H3. The molecule has 1 saturated heterocycles. The van der Waals surface area contributed by atoms with Crippen LogP contribution in [0.2, 0.25) is 0 Å². The third-order valence-electron chi connectivity index (χ3n) is 4.11. The first-order valence-electron chi connectivity index (χ1n) is 8.20. The lowest BCUT2D eigenvalue weighted by Crippen LogP contribution is -2.49. The lowest BCUT2D eigenvalue weighted by Gasteiger charge is -2.34. The molecule has 0 unspecified atom stereocenters. The Morgan fingerprint density at radius 2 is 1.85 bits per heavy atom. The van der Waals surface area contributed by atoms with Gasteiger partial charge in [-0.25, -0.2) is 13.1 Å². The number of alkyl halides is 3. The summed E-state index contributed by atoms with van der Waals surface area (Å²) in [6, 6.07) is 4.45. The number of halogens is 3. The number of nitrogens with zero attached hydrogens (tertiary/aromatic N) is 2. The van der Waals surface area contributed by atoms with Crippen molar-refractivity contribution < 1.29 is 26.4 Å². The van der Waals surface area contributed by atoms with Crippen LogP contribution in [-0.2, 0) is 16.2 Å². The fraction of sp³-hybridized carbons (Fsp3) is 0.562. The van der Waals surface area contributed by atoms with Gasteiger partial charge in [0, 0.05) is 38.3 Å². The predicted molar refractivity (Wildman–Crippen MR) is 91.3 cm³/mol. The van der Waals surface area contributed by atoms with Gasteiger partial charge >= 0.3 is 6.18 Å². The van der Waals surface area contributed by atoms with E-state index < -0.39 is 27.7 Å². The molecule has 1 aliphatic rings. The molecule has 2 rings (SSSR count). The fourth-order valence-corrected chi connectivity index (χ4v) is 3.26. The second-order valence-electron chi connectivity index (χ2n) is 6.23. The van der Waals surface area contributed by atoms with Crippen molar-refractivity contribution in [3.05, 3.63) is 35.4 Å². The Labute approximate surface area is 151 Å². The van der Waals surface area contributed by atoms with E-state index in [-0.39, 0.29) is 5.56 Å². The van der Waals surface area contributed by atoms with Gasteiger partial charge in [0.15, 0.2) is 0 Å². The minimum absolute atomic E-state index is 0.0330. The first-order chi connectivity index (χ1) is 12.1. The van der Waals surface area contributed by atoms with E-state index in [1.165, 1.54) is 12.1 Å². The maximum Gasteiger partial charge on any atom is 0.416 e. The van der Waals surface area contributed by atoms with E-state index in [1.54, 1.807) is 4.90 Å². The summed E-state index contributed by atoms with van der Waals surface area (Å²) in [4.78, 5) is 16.1. The van der Waals surface area contributed by atoms with E-state index in [2.05, 4.69) is 9.62 Å². The SMILES string of the molecule is CS(=O)(=O)NCCCN1CCN(C(=O)c2cccc(C(F)(F)F)c2)CC1. The average Bonchev–Trinajstić information content (AvgIpc) is 2.57. The normalized spacial score (nSPS) is 16.7. The highest BCUT2D eigenvalue weighted by Crippen LogP contribution is 2.29. The summed E-state index contributed by atoms with van der Waals surface area (Å²) in [5.74, 6) is -0.408. The summed E-state index contributed by atoms with van der Waals surface area (Å²) in [5, 5.41) is 0. The van der Waals surface area contributed by atoms with Crippen LogP contribution in [0, 0.1) is 0 Å². The van der Waals surface area contributed by atoms with Gasteiger partial charge in [-0.3, -0.25) is 9.69 Å². The van der Waals surface area contributed by atoms with E-state index in [4.69, 9.17) is 0 Å². The summed E-state index contributed by atoms with van der Waals surface area (Å²) in [6.45, 7) is 3.09. The van der Waals surface area contributed by atoms with Crippen LogP contribution in [0.4, 0.5) is 13.2 Å². The van der Waals surface area contributed by atoms with Gasteiger partial charge in [-0.1, -0.05) is 6.07 Å². The Bertz CT molecular complexity index is 730. The van der Waals surface area contributed by atoms with Crippen LogP contribution in [0.25, 0.3) is 0 Å². The first kappa shape index (κ1) is 20.7. The van der Waals surface area contributed by atoms with Crippen molar-refractivity contribution in [1.29, 1.82) is 0 Å². The van der Waals surface area contributed by atoms with Crippen molar-refractivity contribution in [3.63, 3.8) is 0 Å². The molecule has 6 nitrogen and oxygen atoms in total. The Morgan fingerprint density at radius 3 is 2.42 bits per heavy atom. The molecule has 1 heterocycles. The maximum absolute atomic E-state index is 12.8. The largest absolute Gasteiger partial charge is 0.416 e. The smallest absolute Gasteiger partial charge is 0.336 e. The van der Waals surface area contributed by atoms with Crippen LogP contribution in [0.15, 0.2) is 24.3 Å². The average molecular weight is 393 g/mol. The van der Waals surface area contributed by atoms with Crippen molar-refractivity contribution in [3.8, 4) is 0 Å². The molecule has 0 aliphatic carbocycles. The monoisotopic (exact) mass is 393 g/mol. The number of rotatable bonds is 6. The molecular weight excluding hydrogens is 371 g/mol. The summed E-state index contributed by atoms with van der Waals surface area (Å²) in [6.07, 6.45) is -2.73. The van der Waals surface area contributed by atoms with Crippen molar-refractivity contribution in [2.45, 2.75) is 12.6 Å². The van der Waals surface area contributed by atoms with Gasteiger partial charge in [0.2, 0.25) is 10.0 Å². The molecule has 1 amide bonds. The number of carbonyl (C=O) groups is 1.